The number of rotatable bonds is 66. The molecule has 9 amide bonds. The van der Waals surface area contributed by atoms with E-state index in [1.165, 1.54) is 60.4 Å². The molecule has 5 aliphatic heterocycles. The van der Waals surface area contributed by atoms with Crippen molar-refractivity contribution in [3.8, 4) is 23.0 Å². The Morgan fingerprint density at radius 2 is 0.771 bits per heavy atom. The Morgan fingerprint density at radius 3 is 1.13 bits per heavy atom. The standard InChI is InChI=1S/C101H138N8O31/c1-65(2)77(55-75(110)26-32-128-36-35-125-9)94(117)103-69(7)85(112)53-71-15-19-73(20-16-71)63-139-100(123)108-81-59-89(87(126-10)57-79(81)96(119)106-61-67(5)51-83(106)98(108)121)137-30-13-12-14-31-138-90-60-82-80(58-88(90)127-11)97(120)107-62-68(6)52-84(107)99(122)109(82)101(124)140-64-74-21-17-72(18-22-74)54-86(113)70(8)104-95(118)78(66(3)4)56-76(111)27-33-129-37-39-131-41-43-133-45-47-135-49-50-136-48-46-134-44-42-132-40-38-130-34-28-102-91(114)25-29-105-92(115)23-24-93(105)116/h15-24,57-62,65-66,69-70,77-78,83-84,98-99,121-122H,12-14,25-56,63-64H2,1-11H3,(H,102,114)(H,103,117)(H,104,118)/t69-,70-,77-,78-,83-,84-,98-,99-/m0/s1. The second-order valence-corrected chi connectivity index (χ2v) is 35.2. The van der Waals surface area contributed by atoms with Gasteiger partial charge in [0.1, 0.15) is 24.8 Å². The fourth-order valence-corrected chi connectivity index (χ4v) is 15.9. The largest absolute Gasteiger partial charge is 0.493 e. The number of hydrogen-bond acceptors (Lipinski definition) is 31. The topological polar surface area (TPSA) is 462 Å². The number of methoxy groups -OCH3 is 3. The third-order valence-electron chi connectivity index (χ3n) is 23.9. The number of imide groups is 1. The Labute approximate surface area is 817 Å². The first-order chi connectivity index (χ1) is 67.4. The fraction of sp³-hybridized carbons (Fsp3) is 0.574. The summed E-state index contributed by atoms with van der Waals surface area (Å²) >= 11 is 0. The van der Waals surface area contributed by atoms with Gasteiger partial charge in [0.15, 0.2) is 47.0 Å². The molecular formula is C101H138N8O31. The quantitative estimate of drug-likeness (QED) is 0.0205. The molecule has 4 aromatic rings. The molecule has 9 rings (SSSR count). The molecule has 5 N–H and O–H groups in total. The van der Waals surface area contributed by atoms with Crippen LogP contribution in [0.3, 0.4) is 0 Å². The lowest BCUT2D eigenvalue weighted by Crippen LogP contribution is -2.50. The highest BCUT2D eigenvalue weighted by Gasteiger charge is 2.48. The predicted octanol–water partition coefficient (Wildman–Crippen LogP) is 8.22. The number of hydrogen-bond donors (Lipinski definition) is 5. The van der Waals surface area contributed by atoms with Crippen LogP contribution in [0, 0.1) is 23.7 Å². The van der Waals surface area contributed by atoms with Gasteiger partial charge in [0, 0.05) is 114 Å². The van der Waals surface area contributed by atoms with E-state index in [1.54, 1.807) is 81.9 Å². The van der Waals surface area contributed by atoms with Crippen LogP contribution in [-0.4, -0.2) is 311 Å². The van der Waals surface area contributed by atoms with Crippen molar-refractivity contribution < 1.29 is 148 Å². The van der Waals surface area contributed by atoms with Crippen LogP contribution in [0.15, 0.2) is 108 Å². The number of fused-ring (bicyclic) bond motifs is 4. The Bertz CT molecular complexity index is 4860. The van der Waals surface area contributed by atoms with Gasteiger partial charge in [0.2, 0.25) is 17.7 Å². The van der Waals surface area contributed by atoms with Crippen molar-refractivity contribution in [3.05, 3.63) is 142 Å². The maximum Gasteiger partial charge on any atom is 0.416 e. The number of aliphatic hydroxyl groups excluding tert-OH is 2. The molecule has 39 heteroatoms. The van der Waals surface area contributed by atoms with Gasteiger partial charge in [0.25, 0.3) is 23.6 Å². The molecule has 140 heavy (non-hydrogen) atoms. The average Bonchev–Trinajstić information content (AvgIpc) is 1.60. The number of anilines is 2. The van der Waals surface area contributed by atoms with Crippen LogP contribution in [0.4, 0.5) is 21.0 Å². The van der Waals surface area contributed by atoms with E-state index in [1.807, 2.05) is 41.5 Å². The minimum atomic E-state index is -1.59. The van der Waals surface area contributed by atoms with Crippen molar-refractivity contribution in [2.75, 3.05) is 183 Å². The zero-order valence-electron chi connectivity index (χ0n) is 82.1. The number of ketones is 4. The lowest BCUT2D eigenvalue weighted by Gasteiger charge is -2.31. The van der Waals surface area contributed by atoms with E-state index in [4.69, 9.17) is 75.8 Å². The summed E-state index contributed by atoms with van der Waals surface area (Å²) in [6.07, 6.45) is 2.65. The number of nitrogens with one attached hydrogen (secondary N) is 3. The molecule has 0 spiro atoms. The van der Waals surface area contributed by atoms with Crippen LogP contribution < -0.4 is 44.7 Å². The van der Waals surface area contributed by atoms with Gasteiger partial charge in [-0.05, 0) is 106 Å². The Balaban J connectivity index is 0.656. The fourth-order valence-electron chi connectivity index (χ4n) is 15.9. The summed E-state index contributed by atoms with van der Waals surface area (Å²) in [5.74, 6) is -4.82. The second kappa shape index (κ2) is 58.7. The molecule has 0 saturated carbocycles. The molecule has 0 saturated heterocycles. The molecular weight excluding hydrogens is 1820 g/mol. The predicted molar refractivity (Wildman–Crippen MR) is 508 cm³/mol. The van der Waals surface area contributed by atoms with Gasteiger partial charge in [0.05, 0.1) is 200 Å². The average molecular weight is 1960 g/mol. The van der Waals surface area contributed by atoms with Gasteiger partial charge >= 0.3 is 12.2 Å². The molecule has 0 radical (unpaired) electrons. The molecule has 0 bridgehead atoms. The molecule has 0 fully saturated rings. The minimum absolute atomic E-state index is 0.00661. The van der Waals surface area contributed by atoms with Gasteiger partial charge < -0.3 is 112 Å². The molecule has 0 aromatic heterocycles. The Kier molecular flexibility index (Phi) is 47.0. The van der Waals surface area contributed by atoms with Crippen LogP contribution >= 0.6 is 0 Å². The lowest BCUT2D eigenvalue weighted by atomic mass is 9.88. The highest BCUT2D eigenvalue weighted by atomic mass is 16.6. The van der Waals surface area contributed by atoms with Gasteiger partial charge in [-0.1, -0.05) is 87.4 Å². The first kappa shape index (κ1) is 112. The first-order valence-corrected chi connectivity index (χ1v) is 47.7. The molecule has 8 atom stereocenters. The van der Waals surface area contributed by atoms with E-state index >= 15 is 0 Å². The van der Waals surface area contributed by atoms with Crippen LogP contribution in [0.5, 0.6) is 23.0 Å². The number of unbranched alkanes of at least 4 members (excludes halogenated alkanes) is 2. The van der Waals surface area contributed by atoms with Crippen LogP contribution in [-0.2, 0) is 126 Å². The number of benzene rings is 4. The van der Waals surface area contributed by atoms with Crippen molar-refractivity contribution >= 4 is 88.0 Å². The van der Waals surface area contributed by atoms with Crippen LogP contribution in [0.1, 0.15) is 163 Å². The van der Waals surface area contributed by atoms with E-state index in [9.17, 15) is 72.5 Å². The zero-order chi connectivity index (χ0) is 101. The second-order valence-electron chi connectivity index (χ2n) is 35.2. The zero-order valence-corrected chi connectivity index (χ0v) is 82.1. The van der Waals surface area contributed by atoms with Crippen molar-refractivity contribution in [1.82, 2.24) is 30.7 Å². The molecule has 5 heterocycles. The highest BCUT2D eigenvalue weighted by Crippen LogP contribution is 2.45. The van der Waals surface area contributed by atoms with E-state index in [0.29, 0.717) is 147 Å². The van der Waals surface area contributed by atoms with Crippen molar-refractivity contribution in [1.29, 1.82) is 0 Å². The number of Topliss-reactive ketones (excluding diaryl/α,β-unsaturated/α-hetero) is 4. The Morgan fingerprint density at radius 1 is 0.421 bits per heavy atom. The van der Waals surface area contributed by atoms with Crippen LogP contribution in [0.2, 0.25) is 0 Å². The summed E-state index contributed by atoms with van der Waals surface area (Å²) in [4.78, 5) is 179. The van der Waals surface area contributed by atoms with Crippen molar-refractivity contribution in [2.24, 2.45) is 23.7 Å². The van der Waals surface area contributed by atoms with E-state index in [-0.39, 0.29) is 204 Å². The summed E-state index contributed by atoms with van der Waals surface area (Å²) in [5, 5.41) is 32.5. The number of carbonyl (C=O) groups is 13. The molecule has 0 unspecified atom stereocenters. The van der Waals surface area contributed by atoms with Gasteiger partial charge in [-0.25, -0.2) is 19.4 Å². The highest BCUT2D eigenvalue weighted by molar-refractivity contribution is 6.13. The summed E-state index contributed by atoms with van der Waals surface area (Å²) < 4.78 is 90.5. The van der Waals surface area contributed by atoms with Crippen LogP contribution in [0.25, 0.3) is 0 Å². The van der Waals surface area contributed by atoms with Gasteiger partial charge in [-0.2, -0.15) is 0 Å². The number of amides is 9. The van der Waals surface area contributed by atoms with E-state index < -0.39 is 96.1 Å². The number of ether oxygens (including phenoxy) is 16. The number of nitrogens with zero attached hydrogens (tertiary/aromatic N) is 5. The van der Waals surface area contributed by atoms with Crippen molar-refractivity contribution in [2.45, 2.75) is 182 Å². The molecule has 39 nitrogen and oxygen atoms in total. The maximum atomic E-state index is 14.5. The van der Waals surface area contributed by atoms with Gasteiger partial charge in [-0.15, -0.1) is 0 Å². The smallest absolute Gasteiger partial charge is 0.416 e. The van der Waals surface area contributed by atoms with E-state index in [2.05, 4.69) is 16.0 Å². The maximum absolute atomic E-state index is 14.5. The monoisotopic (exact) mass is 1960 g/mol. The molecule has 4 aromatic carbocycles. The minimum Gasteiger partial charge on any atom is -0.493 e. The molecule has 5 aliphatic rings. The summed E-state index contributed by atoms with van der Waals surface area (Å²) in [6.45, 7) is 20.6. The summed E-state index contributed by atoms with van der Waals surface area (Å²) in [6, 6.07) is 15.9. The van der Waals surface area contributed by atoms with Gasteiger partial charge in [-0.3, -0.25) is 57.6 Å². The number of carbonyl (C=O) groups excluding carboxylic acids is 13. The summed E-state index contributed by atoms with van der Waals surface area (Å²) in [7, 11) is 4.37. The lowest BCUT2D eigenvalue weighted by molar-refractivity contribution is -0.137. The third kappa shape index (κ3) is 34.8. The first-order valence-electron chi connectivity index (χ1n) is 47.7. The molecule has 0 aliphatic carbocycles. The molecule has 768 valence electrons. The van der Waals surface area contributed by atoms with Crippen molar-refractivity contribution in [3.63, 3.8) is 0 Å². The third-order valence-corrected chi connectivity index (χ3v) is 23.9. The SMILES string of the molecule is COCCOCCC(=O)C[C@H](C(=O)N[C@@H](C)C(=O)Cc1ccc(COC(=O)N2c3cc(OCCCCCOc4cc5c(cc4OC)C(=O)N4C=C(C)C[C@H]4[C@H](O)N5C(=O)OCc4ccc(CC(=O)[C@H](C)NC(=O)[C@@H](CC(=O)CCOCCOCCOCCOCCOCCOCCOCCOCCNC(=O)CCN5C(=O)C=CC5=O)C(C)C)cc4)c(OC)cc3C(=O)N3C=C(C)C[C@H]3[C@@H]2O)cc1)C(C)C. The van der Waals surface area contributed by atoms with E-state index in [0.717, 1.165) is 25.8 Å². The summed E-state index contributed by atoms with van der Waals surface area (Å²) in [5.41, 5.74) is 4.01. The normalized spacial score (nSPS) is 16.9. The Hall–Kier alpha value is -11.5. The number of aliphatic hydroxyl groups is 2.